The predicted molar refractivity (Wildman–Crippen MR) is 90.3 cm³/mol. The second-order valence-electron chi connectivity index (χ2n) is 4.97. The van der Waals surface area contributed by atoms with E-state index >= 15 is 0 Å². The lowest BCUT2D eigenvalue weighted by Gasteiger charge is -2.20. The minimum Gasteiger partial charge on any atom is -0.310 e. The maximum atomic E-state index is 14.2. The predicted octanol–water partition coefficient (Wildman–Crippen LogP) is 5.53. The van der Waals surface area contributed by atoms with Crippen LogP contribution in [0.4, 0.5) is 4.39 Å². The molecule has 0 saturated heterocycles. The van der Waals surface area contributed by atoms with Crippen LogP contribution < -0.4 is 5.32 Å². The first-order valence-electron chi connectivity index (χ1n) is 7.03. The first kappa shape index (κ1) is 16.5. The smallest absolute Gasteiger partial charge is 0.129 e. The van der Waals surface area contributed by atoms with Gasteiger partial charge in [-0.3, -0.25) is 0 Å². The molecule has 0 aromatic heterocycles. The Hall–Kier alpha value is -0.900. The van der Waals surface area contributed by atoms with E-state index in [2.05, 4.69) is 34.2 Å². The van der Waals surface area contributed by atoms with Gasteiger partial charge in [0.25, 0.3) is 0 Å². The Morgan fingerprint density at radius 2 is 2.00 bits per heavy atom. The third kappa shape index (κ3) is 4.53. The van der Waals surface area contributed by atoms with Crippen molar-refractivity contribution in [3.8, 4) is 0 Å². The van der Waals surface area contributed by atoms with Crippen molar-refractivity contribution in [2.45, 2.75) is 25.8 Å². The molecule has 112 valence electrons. The monoisotopic (exact) mass is 369 g/mol. The second-order valence-corrected chi connectivity index (χ2v) is 6.26. The van der Waals surface area contributed by atoms with Crippen molar-refractivity contribution in [1.82, 2.24) is 5.32 Å². The maximum absolute atomic E-state index is 14.2. The normalized spacial score (nSPS) is 12.4. The molecule has 0 aliphatic rings. The van der Waals surface area contributed by atoms with Gasteiger partial charge in [0.15, 0.2) is 0 Å². The van der Waals surface area contributed by atoms with Crippen molar-refractivity contribution in [3.05, 3.63) is 68.9 Å². The van der Waals surface area contributed by atoms with Crippen LogP contribution in [0.2, 0.25) is 5.02 Å². The standard InChI is InChI=1S/C17H18BrClFN/c1-2-9-21-17(10-12-5-3-4-6-15(12)18)14-8-7-13(19)11-16(14)20/h3-8,11,17,21H,2,9-10H2,1H3. The van der Waals surface area contributed by atoms with Gasteiger partial charge in [-0.25, -0.2) is 4.39 Å². The average Bonchev–Trinajstić information content (AvgIpc) is 2.46. The Balaban J connectivity index is 2.27. The van der Waals surface area contributed by atoms with Crippen molar-refractivity contribution in [3.63, 3.8) is 0 Å². The molecule has 1 N–H and O–H groups in total. The summed E-state index contributed by atoms with van der Waals surface area (Å²) < 4.78 is 15.2. The van der Waals surface area contributed by atoms with Gasteiger partial charge in [0.1, 0.15) is 5.82 Å². The average molecular weight is 371 g/mol. The number of nitrogens with one attached hydrogen (secondary N) is 1. The molecule has 0 bridgehead atoms. The fourth-order valence-electron chi connectivity index (χ4n) is 2.28. The van der Waals surface area contributed by atoms with Crippen molar-refractivity contribution in [2.24, 2.45) is 0 Å². The van der Waals surface area contributed by atoms with E-state index in [-0.39, 0.29) is 11.9 Å². The Kier molecular flexibility index (Phi) is 6.22. The molecule has 0 amide bonds. The minimum absolute atomic E-state index is 0.0686. The van der Waals surface area contributed by atoms with Crippen molar-refractivity contribution in [1.29, 1.82) is 0 Å². The quantitative estimate of drug-likeness (QED) is 0.705. The highest BCUT2D eigenvalue weighted by molar-refractivity contribution is 9.10. The van der Waals surface area contributed by atoms with Crippen molar-refractivity contribution >= 4 is 27.5 Å². The molecule has 0 fully saturated rings. The van der Waals surface area contributed by atoms with E-state index in [4.69, 9.17) is 11.6 Å². The highest BCUT2D eigenvalue weighted by Gasteiger charge is 2.17. The zero-order valence-corrected chi connectivity index (χ0v) is 14.2. The minimum atomic E-state index is -0.261. The number of hydrogen-bond donors (Lipinski definition) is 1. The summed E-state index contributed by atoms with van der Waals surface area (Å²) in [5.41, 5.74) is 1.81. The summed E-state index contributed by atoms with van der Waals surface area (Å²) in [6.07, 6.45) is 1.72. The van der Waals surface area contributed by atoms with Gasteiger partial charge >= 0.3 is 0 Å². The van der Waals surface area contributed by atoms with E-state index in [0.717, 1.165) is 29.4 Å². The van der Waals surface area contributed by atoms with Gasteiger partial charge in [0.2, 0.25) is 0 Å². The highest BCUT2D eigenvalue weighted by Crippen LogP contribution is 2.27. The lowest BCUT2D eigenvalue weighted by Crippen LogP contribution is -2.25. The zero-order chi connectivity index (χ0) is 15.2. The number of rotatable bonds is 6. The third-order valence-corrected chi connectivity index (χ3v) is 4.37. The molecule has 1 nitrogen and oxygen atoms in total. The van der Waals surface area contributed by atoms with Crippen LogP contribution in [-0.2, 0) is 6.42 Å². The molecule has 1 atom stereocenters. The molecule has 0 aliphatic heterocycles. The summed E-state index contributed by atoms with van der Waals surface area (Å²) >= 11 is 9.40. The molecule has 0 aliphatic carbocycles. The summed E-state index contributed by atoms with van der Waals surface area (Å²) in [6, 6.07) is 12.8. The summed E-state index contributed by atoms with van der Waals surface area (Å²) in [6.45, 7) is 2.94. The molecule has 0 saturated carbocycles. The molecular formula is C17H18BrClFN. The van der Waals surface area contributed by atoms with Crippen LogP contribution in [0.25, 0.3) is 0 Å². The van der Waals surface area contributed by atoms with Gasteiger partial charge in [-0.15, -0.1) is 0 Å². The second kappa shape index (κ2) is 7.92. The molecule has 1 unspecified atom stereocenters. The van der Waals surface area contributed by atoms with Crippen LogP contribution in [0, 0.1) is 5.82 Å². The van der Waals surface area contributed by atoms with Gasteiger partial charge in [0, 0.05) is 21.1 Å². The fraction of sp³-hybridized carbons (Fsp3) is 0.294. The molecule has 21 heavy (non-hydrogen) atoms. The highest BCUT2D eigenvalue weighted by atomic mass is 79.9. The number of hydrogen-bond acceptors (Lipinski definition) is 1. The molecule has 2 rings (SSSR count). The summed E-state index contributed by atoms with van der Waals surface area (Å²) in [5.74, 6) is -0.261. The topological polar surface area (TPSA) is 12.0 Å². The Labute approximate surface area is 138 Å². The van der Waals surface area contributed by atoms with Crippen LogP contribution in [-0.4, -0.2) is 6.54 Å². The molecule has 0 heterocycles. The maximum Gasteiger partial charge on any atom is 0.129 e. The van der Waals surface area contributed by atoms with Gasteiger partial charge in [-0.2, -0.15) is 0 Å². The van der Waals surface area contributed by atoms with E-state index in [9.17, 15) is 4.39 Å². The van der Waals surface area contributed by atoms with Crippen LogP contribution in [0.15, 0.2) is 46.9 Å². The van der Waals surface area contributed by atoms with Gasteiger partial charge in [0.05, 0.1) is 0 Å². The lowest BCUT2D eigenvalue weighted by atomic mass is 9.98. The Bertz CT molecular complexity index is 603. The zero-order valence-electron chi connectivity index (χ0n) is 11.9. The summed E-state index contributed by atoms with van der Waals surface area (Å²) in [4.78, 5) is 0. The van der Waals surface area contributed by atoms with Crippen LogP contribution in [0.3, 0.4) is 0 Å². The van der Waals surface area contributed by atoms with Crippen LogP contribution in [0.1, 0.15) is 30.5 Å². The van der Waals surface area contributed by atoms with E-state index in [1.54, 1.807) is 12.1 Å². The van der Waals surface area contributed by atoms with Crippen LogP contribution in [0.5, 0.6) is 0 Å². The molecule has 0 radical (unpaired) electrons. The molecule has 2 aromatic carbocycles. The van der Waals surface area contributed by atoms with E-state index in [1.165, 1.54) is 6.07 Å². The number of halogens is 3. The molecular weight excluding hydrogens is 353 g/mol. The van der Waals surface area contributed by atoms with E-state index in [0.29, 0.717) is 10.6 Å². The van der Waals surface area contributed by atoms with Gasteiger partial charge in [-0.1, -0.05) is 58.7 Å². The van der Waals surface area contributed by atoms with E-state index < -0.39 is 0 Å². The fourth-order valence-corrected chi connectivity index (χ4v) is 2.88. The molecule has 2 aromatic rings. The Morgan fingerprint density at radius 1 is 1.24 bits per heavy atom. The van der Waals surface area contributed by atoms with E-state index in [1.807, 2.05) is 18.2 Å². The SMILES string of the molecule is CCCNC(Cc1ccccc1Br)c1ccc(Cl)cc1F. The first-order valence-corrected chi connectivity index (χ1v) is 8.20. The lowest BCUT2D eigenvalue weighted by molar-refractivity contribution is 0.496. The first-order chi connectivity index (χ1) is 10.1. The molecule has 4 heteroatoms. The van der Waals surface area contributed by atoms with Crippen LogP contribution >= 0.6 is 27.5 Å². The Morgan fingerprint density at radius 3 is 2.67 bits per heavy atom. The largest absolute Gasteiger partial charge is 0.310 e. The third-order valence-electron chi connectivity index (χ3n) is 3.36. The summed E-state index contributed by atoms with van der Waals surface area (Å²) in [5, 5.41) is 3.84. The van der Waals surface area contributed by atoms with Crippen molar-refractivity contribution in [2.75, 3.05) is 6.54 Å². The molecule has 0 spiro atoms. The number of benzene rings is 2. The summed E-state index contributed by atoms with van der Waals surface area (Å²) in [7, 11) is 0. The van der Waals surface area contributed by atoms with Gasteiger partial charge in [-0.05, 0) is 43.1 Å². The van der Waals surface area contributed by atoms with Crippen molar-refractivity contribution < 1.29 is 4.39 Å². The van der Waals surface area contributed by atoms with Gasteiger partial charge < -0.3 is 5.32 Å².